The minimum Gasteiger partial charge on any atom is -0.494 e. The highest BCUT2D eigenvalue weighted by Crippen LogP contribution is 2.41. The largest absolute Gasteiger partial charge is 0.494 e. The zero-order valence-corrected chi connectivity index (χ0v) is 30.7. The van der Waals surface area contributed by atoms with Gasteiger partial charge in [-0.2, -0.15) is 0 Å². The highest BCUT2D eigenvalue weighted by molar-refractivity contribution is 6.76. The molecule has 3 aromatic rings. The number of piperidine rings is 1. The fourth-order valence-corrected chi connectivity index (χ4v) is 6.63. The third kappa shape index (κ3) is 8.68. The lowest BCUT2D eigenvalue weighted by atomic mass is 10.0. The molecule has 2 aliphatic rings. The van der Waals surface area contributed by atoms with Crippen molar-refractivity contribution in [3.05, 3.63) is 41.5 Å². The lowest BCUT2D eigenvalue weighted by Crippen LogP contribution is -2.47. The number of halogens is 1. The molecule has 1 saturated carbocycles. The molecule has 1 saturated heterocycles. The number of hydrogen-bond acceptors (Lipinski definition) is 7. The Morgan fingerprint density at radius 1 is 1.06 bits per heavy atom. The Bertz CT molecular complexity index is 1630. The summed E-state index contributed by atoms with van der Waals surface area (Å²) >= 11 is 0. The first-order valence-corrected chi connectivity index (χ1v) is 20.7. The normalized spacial score (nSPS) is 15.9. The second-order valence-electron chi connectivity index (χ2n) is 15.2. The molecule has 10 nitrogen and oxygen atoms in total. The summed E-state index contributed by atoms with van der Waals surface area (Å²) in [5.41, 5.74) is 3.24. The molecule has 0 radical (unpaired) electrons. The summed E-state index contributed by atoms with van der Waals surface area (Å²) in [6, 6.07) is 5.79. The van der Waals surface area contributed by atoms with Gasteiger partial charge < -0.3 is 33.7 Å². The molecule has 0 unspecified atom stereocenters. The van der Waals surface area contributed by atoms with E-state index in [1.807, 2.05) is 38.3 Å². The van der Waals surface area contributed by atoms with Crippen LogP contribution in [0.3, 0.4) is 0 Å². The van der Waals surface area contributed by atoms with Crippen molar-refractivity contribution in [1.82, 2.24) is 19.8 Å². The Kier molecular flexibility index (Phi) is 10.7. The number of carbonyl (C=O) groups excluding carboxylic acids is 2. The maximum atomic E-state index is 15.0. The first-order valence-electron chi connectivity index (χ1n) is 17.0. The van der Waals surface area contributed by atoms with Gasteiger partial charge in [0, 0.05) is 62.9 Å². The van der Waals surface area contributed by atoms with E-state index in [2.05, 4.69) is 25.0 Å². The Hall–Kier alpha value is -3.64. The summed E-state index contributed by atoms with van der Waals surface area (Å²) in [7, 11) is 0.105. The number of fused-ring (bicyclic) bond motifs is 1. The van der Waals surface area contributed by atoms with Gasteiger partial charge in [-0.25, -0.2) is 9.18 Å². The number of aromatic nitrogens is 2. The van der Waals surface area contributed by atoms with Crippen LogP contribution in [-0.4, -0.2) is 79.6 Å². The van der Waals surface area contributed by atoms with Gasteiger partial charge in [0.15, 0.2) is 11.6 Å². The van der Waals surface area contributed by atoms with Crippen LogP contribution in [0, 0.1) is 18.7 Å². The van der Waals surface area contributed by atoms with Crippen LogP contribution in [0.1, 0.15) is 62.5 Å². The van der Waals surface area contributed by atoms with Crippen LogP contribution < -0.4 is 14.8 Å². The number of benzene rings is 1. The van der Waals surface area contributed by atoms with Gasteiger partial charge in [-0.3, -0.25) is 9.78 Å². The van der Waals surface area contributed by atoms with E-state index < -0.39 is 19.5 Å². The van der Waals surface area contributed by atoms with E-state index >= 15 is 0 Å². The molecule has 0 spiro atoms. The highest BCUT2D eigenvalue weighted by Gasteiger charge is 2.31. The van der Waals surface area contributed by atoms with E-state index in [0.29, 0.717) is 73.0 Å². The lowest BCUT2D eigenvalue weighted by molar-refractivity contribution is 0.0199. The average Bonchev–Trinajstić information content (AvgIpc) is 3.79. The summed E-state index contributed by atoms with van der Waals surface area (Å²) in [5.74, 6) is 0.251. The number of carbonyl (C=O) groups is 2. The van der Waals surface area contributed by atoms with E-state index in [1.54, 1.807) is 17.2 Å². The molecular weight excluding hydrogens is 632 g/mol. The van der Waals surface area contributed by atoms with Gasteiger partial charge in [-0.05, 0) is 77.5 Å². The molecule has 1 aromatic carbocycles. The van der Waals surface area contributed by atoms with Crippen molar-refractivity contribution in [3.63, 3.8) is 0 Å². The SMILES string of the molecule is COc1cc(-c2ccnc3c(C(=O)NC4CCN(C(=O)OC(C)(C)C)CC4)c(C)n(COCC[Si](C)(C)C)c23)c(OCC2CC2)cc1F. The summed E-state index contributed by atoms with van der Waals surface area (Å²) in [4.78, 5) is 33.1. The quantitative estimate of drug-likeness (QED) is 0.157. The minimum absolute atomic E-state index is 0.102. The Morgan fingerprint density at radius 2 is 1.77 bits per heavy atom. The van der Waals surface area contributed by atoms with Crippen LogP contribution >= 0.6 is 0 Å². The number of ether oxygens (including phenoxy) is 4. The van der Waals surface area contributed by atoms with Gasteiger partial charge in [0.2, 0.25) is 0 Å². The van der Waals surface area contributed by atoms with Crippen molar-refractivity contribution in [2.24, 2.45) is 5.92 Å². The molecule has 0 bridgehead atoms. The van der Waals surface area contributed by atoms with Crippen molar-refractivity contribution >= 4 is 31.1 Å². The number of nitrogens with one attached hydrogen (secondary N) is 1. The first kappa shape index (κ1) is 35.7. The van der Waals surface area contributed by atoms with Gasteiger partial charge in [0.25, 0.3) is 5.91 Å². The Morgan fingerprint density at radius 3 is 2.40 bits per heavy atom. The second kappa shape index (κ2) is 14.5. The summed E-state index contributed by atoms with van der Waals surface area (Å²) < 4.78 is 40.3. The number of methoxy groups -OCH3 is 1. The fraction of sp³-hybridized carbons (Fsp3) is 0.583. The Labute approximate surface area is 284 Å². The second-order valence-corrected chi connectivity index (χ2v) is 20.9. The van der Waals surface area contributed by atoms with E-state index in [4.69, 9.17) is 23.9 Å². The van der Waals surface area contributed by atoms with Gasteiger partial charge >= 0.3 is 6.09 Å². The molecule has 5 rings (SSSR count). The van der Waals surface area contributed by atoms with Crippen LogP contribution in [0.2, 0.25) is 25.7 Å². The number of pyridine rings is 1. The zero-order valence-electron chi connectivity index (χ0n) is 29.7. The van der Waals surface area contributed by atoms with Crippen LogP contribution in [0.5, 0.6) is 11.5 Å². The predicted octanol–water partition coefficient (Wildman–Crippen LogP) is 7.39. The fourth-order valence-electron chi connectivity index (χ4n) is 5.87. The van der Waals surface area contributed by atoms with E-state index in [0.717, 1.165) is 30.1 Å². The summed E-state index contributed by atoms with van der Waals surface area (Å²) in [6.07, 6.45) is 4.75. The number of nitrogens with zero attached hydrogens (tertiary/aromatic N) is 3. The molecule has 1 aliphatic heterocycles. The van der Waals surface area contributed by atoms with Gasteiger partial charge in [-0.1, -0.05) is 19.6 Å². The van der Waals surface area contributed by atoms with Crippen molar-refractivity contribution < 1.29 is 32.9 Å². The summed E-state index contributed by atoms with van der Waals surface area (Å²) in [5, 5.41) is 3.21. The molecule has 1 aliphatic carbocycles. The molecule has 2 aromatic heterocycles. The number of amides is 2. The third-order valence-electron chi connectivity index (χ3n) is 8.84. The van der Waals surface area contributed by atoms with E-state index in [9.17, 15) is 14.0 Å². The average molecular weight is 683 g/mol. The topological polar surface area (TPSA) is 104 Å². The smallest absolute Gasteiger partial charge is 0.410 e. The predicted molar refractivity (Wildman–Crippen MR) is 187 cm³/mol. The van der Waals surface area contributed by atoms with Gasteiger partial charge in [0.1, 0.15) is 23.6 Å². The summed E-state index contributed by atoms with van der Waals surface area (Å²) in [6.45, 7) is 16.7. The third-order valence-corrected chi connectivity index (χ3v) is 10.5. The standard InChI is InChI=1S/C36H51FN4O6Si/c1-23-31(34(42)39-25-12-15-40(16-13-25)35(43)47-36(2,3)4)32-33(41(23)22-45-17-18-48(6,7)8)26(11-14-38-32)27-19-30(44-5)28(37)20-29(27)46-21-24-9-10-24/h11,14,19-20,24-25H,9-10,12-13,15-18,21-22H2,1-8H3,(H,39,42). The molecule has 3 heterocycles. The molecule has 2 fully saturated rings. The molecular formula is C36H51FN4O6Si. The van der Waals surface area contributed by atoms with Crippen LogP contribution in [-0.2, 0) is 16.2 Å². The van der Waals surface area contributed by atoms with Gasteiger partial charge in [-0.15, -0.1) is 0 Å². The monoisotopic (exact) mass is 682 g/mol. The van der Waals surface area contributed by atoms with E-state index in [1.165, 1.54) is 13.2 Å². The molecule has 48 heavy (non-hydrogen) atoms. The van der Waals surface area contributed by atoms with Crippen LogP contribution in [0.4, 0.5) is 9.18 Å². The van der Waals surface area contributed by atoms with Crippen LogP contribution in [0.15, 0.2) is 24.4 Å². The molecule has 2 amide bonds. The Balaban J connectivity index is 1.48. The molecule has 262 valence electrons. The first-order chi connectivity index (χ1) is 22.6. The maximum absolute atomic E-state index is 15.0. The number of likely N-dealkylation sites (tertiary alicyclic amines) is 1. The molecule has 1 N–H and O–H groups in total. The highest BCUT2D eigenvalue weighted by atomic mass is 28.3. The number of hydrogen-bond donors (Lipinski definition) is 1. The molecule has 0 atom stereocenters. The molecule has 12 heteroatoms. The number of rotatable bonds is 12. The zero-order chi connectivity index (χ0) is 34.8. The lowest BCUT2D eigenvalue weighted by Gasteiger charge is -2.33. The maximum Gasteiger partial charge on any atom is 0.410 e. The van der Waals surface area contributed by atoms with Crippen molar-refractivity contribution in [1.29, 1.82) is 0 Å². The van der Waals surface area contributed by atoms with Crippen molar-refractivity contribution in [2.75, 3.05) is 33.4 Å². The van der Waals surface area contributed by atoms with Crippen molar-refractivity contribution in [2.45, 2.75) is 97.4 Å². The minimum atomic E-state index is -1.33. The van der Waals surface area contributed by atoms with E-state index in [-0.39, 0.29) is 30.5 Å². The van der Waals surface area contributed by atoms with Crippen LogP contribution in [0.25, 0.3) is 22.2 Å². The van der Waals surface area contributed by atoms with Crippen molar-refractivity contribution in [3.8, 4) is 22.6 Å². The van der Waals surface area contributed by atoms with Gasteiger partial charge in [0.05, 0.1) is 24.8 Å².